The average Bonchev–Trinajstić information content (AvgIpc) is 2.68. The zero-order chi connectivity index (χ0) is 16.0. The summed E-state index contributed by atoms with van der Waals surface area (Å²) in [5, 5.41) is 9.71. The van der Waals surface area contributed by atoms with Crippen molar-refractivity contribution in [2.45, 2.75) is 134 Å². The van der Waals surface area contributed by atoms with E-state index >= 15 is 0 Å². The predicted octanol–water partition coefficient (Wildman–Crippen LogP) is 7.61. The molecule has 0 bridgehead atoms. The first-order valence-corrected chi connectivity index (χ1v) is 10.8. The minimum Gasteiger partial charge on any atom is -0.191 e. The maximum atomic E-state index is 4.86. The second kappa shape index (κ2) is 13.0. The second-order valence-corrected chi connectivity index (χ2v) is 8.00. The SMILES string of the molecule is C1CCCCCC(N=NC2CCCCCCCC2)CCCCC1. The molecule has 0 spiro atoms. The van der Waals surface area contributed by atoms with Crippen LogP contribution in [0.4, 0.5) is 0 Å². The monoisotopic (exact) mass is 320 g/mol. The standard InChI is InChI=1S/C21H40N2/c1-2-4-8-12-16-20(17-13-9-5-3-1)22-23-21-18-14-10-6-7-11-15-19-21/h20-21H,1-19H2. The highest BCUT2D eigenvalue weighted by Crippen LogP contribution is 2.22. The number of hydrogen-bond donors (Lipinski definition) is 0. The third-order valence-corrected chi connectivity index (χ3v) is 5.79. The van der Waals surface area contributed by atoms with E-state index in [1.54, 1.807) is 0 Å². The molecule has 2 nitrogen and oxygen atoms in total. The lowest BCUT2D eigenvalue weighted by atomic mass is 9.98. The lowest BCUT2D eigenvalue weighted by Crippen LogP contribution is -2.08. The van der Waals surface area contributed by atoms with Gasteiger partial charge < -0.3 is 0 Å². The molecule has 0 aliphatic heterocycles. The van der Waals surface area contributed by atoms with Gasteiger partial charge >= 0.3 is 0 Å². The molecule has 134 valence electrons. The van der Waals surface area contributed by atoms with Crippen molar-refractivity contribution in [3.05, 3.63) is 0 Å². The van der Waals surface area contributed by atoms with Crippen molar-refractivity contribution in [1.82, 2.24) is 0 Å². The van der Waals surface area contributed by atoms with Crippen LogP contribution in [0.15, 0.2) is 10.2 Å². The Morgan fingerprint density at radius 2 is 0.522 bits per heavy atom. The normalized spacial score (nSPS) is 25.9. The number of azo groups is 1. The summed E-state index contributed by atoms with van der Waals surface area (Å²) in [6, 6.07) is 1.07. The minimum atomic E-state index is 0.530. The van der Waals surface area contributed by atoms with Gasteiger partial charge in [0.1, 0.15) is 0 Å². The van der Waals surface area contributed by atoms with Gasteiger partial charge in [-0.25, -0.2) is 0 Å². The first-order valence-electron chi connectivity index (χ1n) is 10.8. The lowest BCUT2D eigenvalue weighted by molar-refractivity contribution is 0.435. The summed E-state index contributed by atoms with van der Waals surface area (Å²) in [7, 11) is 0. The first-order chi connectivity index (χ1) is 11.4. The molecule has 0 saturated heterocycles. The molecule has 0 aromatic rings. The van der Waals surface area contributed by atoms with Gasteiger partial charge in [-0.1, -0.05) is 96.3 Å². The van der Waals surface area contributed by atoms with Crippen LogP contribution >= 0.6 is 0 Å². The molecule has 2 saturated carbocycles. The van der Waals surface area contributed by atoms with E-state index in [0.29, 0.717) is 12.1 Å². The zero-order valence-corrected chi connectivity index (χ0v) is 15.5. The number of hydrogen-bond acceptors (Lipinski definition) is 2. The third-order valence-electron chi connectivity index (χ3n) is 5.79. The molecule has 0 atom stereocenters. The highest BCUT2D eigenvalue weighted by atomic mass is 15.1. The van der Waals surface area contributed by atoms with Gasteiger partial charge in [0.25, 0.3) is 0 Å². The van der Waals surface area contributed by atoms with Crippen LogP contribution in [-0.2, 0) is 0 Å². The van der Waals surface area contributed by atoms with E-state index in [9.17, 15) is 0 Å². The van der Waals surface area contributed by atoms with Gasteiger partial charge in [-0.05, 0) is 25.7 Å². The van der Waals surface area contributed by atoms with Gasteiger partial charge in [-0.3, -0.25) is 0 Å². The van der Waals surface area contributed by atoms with Crippen LogP contribution in [0.5, 0.6) is 0 Å². The summed E-state index contributed by atoms with van der Waals surface area (Å²) in [5.74, 6) is 0. The Bertz CT molecular complexity index is 278. The molecule has 2 aliphatic carbocycles. The fourth-order valence-electron chi connectivity index (χ4n) is 4.17. The molecule has 2 rings (SSSR count). The Labute approximate surface area is 144 Å². The van der Waals surface area contributed by atoms with Gasteiger partial charge in [0.2, 0.25) is 0 Å². The topological polar surface area (TPSA) is 24.7 Å². The van der Waals surface area contributed by atoms with E-state index in [4.69, 9.17) is 10.2 Å². The predicted molar refractivity (Wildman–Crippen MR) is 100 cm³/mol. The summed E-state index contributed by atoms with van der Waals surface area (Å²) >= 11 is 0. The van der Waals surface area contributed by atoms with Gasteiger partial charge in [-0.15, -0.1) is 0 Å². The maximum Gasteiger partial charge on any atom is 0.0708 e. The maximum absolute atomic E-state index is 4.86. The van der Waals surface area contributed by atoms with Crippen molar-refractivity contribution in [1.29, 1.82) is 0 Å². The van der Waals surface area contributed by atoms with Crippen LogP contribution in [0.3, 0.4) is 0 Å². The van der Waals surface area contributed by atoms with Crippen molar-refractivity contribution in [2.24, 2.45) is 10.2 Å². The first kappa shape index (κ1) is 18.9. The number of nitrogens with zero attached hydrogens (tertiary/aromatic N) is 2. The fourth-order valence-corrected chi connectivity index (χ4v) is 4.17. The minimum absolute atomic E-state index is 0.530. The molecule has 2 fully saturated rings. The molecule has 2 aliphatic rings. The molecule has 0 aromatic carbocycles. The van der Waals surface area contributed by atoms with Crippen LogP contribution in [0.25, 0.3) is 0 Å². The molecular weight excluding hydrogens is 280 g/mol. The highest BCUT2D eigenvalue weighted by molar-refractivity contribution is 4.71. The van der Waals surface area contributed by atoms with Crippen molar-refractivity contribution in [2.75, 3.05) is 0 Å². The molecule has 0 radical (unpaired) electrons. The largest absolute Gasteiger partial charge is 0.191 e. The van der Waals surface area contributed by atoms with Crippen molar-refractivity contribution >= 4 is 0 Å². The molecule has 0 N–H and O–H groups in total. The van der Waals surface area contributed by atoms with E-state index in [-0.39, 0.29) is 0 Å². The summed E-state index contributed by atoms with van der Waals surface area (Å²) in [6.07, 6.45) is 26.4. The Balaban J connectivity index is 1.77. The summed E-state index contributed by atoms with van der Waals surface area (Å²) in [4.78, 5) is 0. The fraction of sp³-hybridized carbons (Fsp3) is 1.00. The summed E-state index contributed by atoms with van der Waals surface area (Å²) in [5.41, 5.74) is 0. The van der Waals surface area contributed by atoms with E-state index in [2.05, 4.69) is 0 Å². The summed E-state index contributed by atoms with van der Waals surface area (Å²) < 4.78 is 0. The zero-order valence-electron chi connectivity index (χ0n) is 15.5. The summed E-state index contributed by atoms with van der Waals surface area (Å²) in [6.45, 7) is 0. The third kappa shape index (κ3) is 9.47. The molecule has 0 amide bonds. The van der Waals surface area contributed by atoms with Crippen molar-refractivity contribution in [3.63, 3.8) is 0 Å². The van der Waals surface area contributed by atoms with Gasteiger partial charge in [0.05, 0.1) is 12.1 Å². The van der Waals surface area contributed by atoms with Gasteiger partial charge in [0.15, 0.2) is 0 Å². The van der Waals surface area contributed by atoms with E-state index in [1.165, 1.54) is 122 Å². The Kier molecular flexibility index (Phi) is 10.7. The Morgan fingerprint density at radius 1 is 0.304 bits per heavy atom. The van der Waals surface area contributed by atoms with E-state index in [1.807, 2.05) is 0 Å². The van der Waals surface area contributed by atoms with Crippen molar-refractivity contribution < 1.29 is 0 Å². The van der Waals surface area contributed by atoms with Gasteiger partial charge in [0, 0.05) is 0 Å². The number of rotatable bonds is 2. The van der Waals surface area contributed by atoms with Crippen LogP contribution in [0, 0.1) is 0 Å². The Hall–Kier alpha value is -0.400. The molecule has 0 aromatic heterocycles. The van der Waals surface area contributed by atoms with Gasteiger partial charge in [-0.2, -0.15) is 10.2 Å². The second-order valence-electron chi connectivity index (χ2n) is 8.00. The lowest BCUT2D eigenvalue weighted by Gasteiger charge is -2.15. The van der Waals surface area contributed by atoms with Crippen molar-refractivity contribution in [3.8, 4) is 0 Å². The molecule has 23 heavy (non-hydrogen) atoms. The van der Waals surface area contributed by atoms with Crippen LogP contribution in [0.1, 0.15) is 122 Å². The highest BCUT2D eigenvalue weighted by Gasteiger charge is 2.12. The van der Waals surface area contributed by atoms with Crippen LogP contribution in [-0.4, -0.2) is 12.1 Å². The molecule has 2 heteroatoms. The molecule has 0 heterocycles. The smallest absolute Gasteiger partial charge is 0.0708 e. The van der Waals surface area contributed by atoms with Crippen LogP contribution < -0.4 is 0 Å². The quantitative estimate of drug-likeness (QED) is 0.467. The average molecular weight is 321 g/mol. The molecule has 0 unspecified atom stereocenters. The van der Waals surface area contributed by atoms with Crippen LogP contribution in [0.2, 0.25) is 0 Å². The van der Waals surface area contributed by atoms with E-state index in [0.717, 1.165) is 0 Å². The van der Waals surface area contributed by atoms with E-state index < -0.39 is 0 Å². The molecular formula is C21H40N2. The Morgan fingerprint density at radius 3 is 0.783 bits per heavy atom.